The van der Waals surface area contributed by atoms with Crippen molar-refractivity contribution in [2.45, 2.75) is 19.4 Å². The number of hydrogen-bond donors (Lipinski definition) is 1. The third-order valence-electron chi connectivity index (χ3n) is 3.36. The Morgan fingerprint density at radius 3 is 2.80 bits per heavy atom. The second kappa shape index (κ2) is 7.26. The van der Waals surface area contributed by atoms with Gasteiger partial charge in [-0.05, 0) is 31.5 Å². The fraction of sp³-hybridized carbons (Fsp3) is 0.533. The number of nitrogens with two attached hydrogens (primary N) is 1. The number of rotatable bonds is 5. The van der Waals surface area contributed by atoms with E-state index in [-0.39, 0.29) is 5.91 Å². The molecule has 1 aliphatic heterocycles. The molecule has 1 atom stereocenters. The number of para-hydroxylation sites is 1. The summed E-state index contributed by atoms with van der Waals surface area (Å²) in [6, 6.07) is 7.72. The van der Waals surface area contributed by atoms with Crippen molar-refractivity contribution in [3.8, 4) is 5.75 Å². The van der Waals surface area contributed by atoms with E-state index in [1.807, 2.05) is 24.3 Å². The first-order valence-electron chi connectivity index (χ1n) is 7.03. The van der Waals surface area contributed by atoms with E-state index < -0.39 is 6.10 Å². The Morgan fingerprint density at radius 2 is 2.10 bits per heavy atom. The van der Waals surface area contributed by atoms with Crippen LogP contribution in [-0.4, -0.2) is 49.8 Å². The standard InChI is InChI=1S/C15H22N2O3/c1-12(15(18)17-8-10-19-11-9-17)20-14-5-3-2-4-13(14)6-7-16/h2-5,12H,6-11,16H2,1H3. The van der Waals surface area contributed by atoms with Gasteiger partial charge >= 0.3 is 0 Å². The summed E-state index contributed by atoms with van der Waals surface area (Å²) in [5.41, 5.74) is 6.63. The Balaban J connectivity index is 1.99. The van der Waals surface area contributed by atoms with E-state index in [4.69, 9.17) is 15.2 Å². The summed E-state index contributed by atoms with van der Waals surface area (Å²) in [6.45, 7) is 4.82. The van der Waals surface area contributed by atoms with Gasteiger partial charge < -0.3 is 20.1 Å². The number of carbonyl (C=O) groups is 1. The van der Waals surface area contributed by atoms with E-state index in [9.17, 15) is 4.79 Å². The molecule has 1 amide bonds. The van der Waals surface area contributed by atoms with Crippen LogP contribution in [-0.2, 0) is 16.0 Å². The van der Waals surface area contributed by atoms with Crippen LogP contribution in [0.2, 0.25) is 0 Å². The molecule has 110 valence electrons. The Hall–Kier alpha value is -1.59. The first-order valence-corrected chi connectivity index (χ1v) is 7.03. The maximum absolute atomic E-state index is 12.3. The average molecular weight is 278 g/mol. The highest BCUT2D eigenvalue weighted by Crippen LogP contribution is 2.20. The zero-order valence-corrected chi connectivity index (χ0v) is 11.9. The van der Waals surface area contributed by atoms with Crippen LogP contribution < -0.4 is 10.5 Å². The van der Waals surface area contributed by atoms with Gasteiger partial charge in [0.15, 0.2) is 6.10 Å². The number of carbonyl (C=O) groups excluding carboxylic acids is 1. The molecule has 5 heteroatoms. The number of amides is 1. The lowest BCUT2D eigenvalue weighted by atomic mass is 10.1. The predicted octanol–water partition coefficient (Wildman–Crippen LogP) is 0.814. The van der Waals surface area contributed by atoms with E-state index in [2.05, 4.69) is 0 Å². The van der Waals surface area contributed by atoms with Crippen molar-refractivity contribution < 1.29 is 14.3 Å². The molecule has 1 aromatic carbocycles. The van der Waals surface area contributed by atoms with Crippen molar-refractivity contribution in [1.82, 2.24) is 4.90 Å². The van der Waals surface area contributed by atoms with Gasteiger partial charge in [-0.1, -0.05) is 18.2 Å². The fourth-order valence-electron chi connectivity index (χ4n) is 2.26. The molecular weight excluding hydrogens is 256 g/mol. The third kappa shape index (κ3) is 3.71. The molecule has 1 fully saturated rings. The lowest BCUT2D eigenvalue weighted by Crippen LogP contribution is -2.46. The van der Waals surface area contributed by atoms with Gasteiger partial charge in [0.25, 0.3) is 5.91 Å². The smallest absolute Gasteiger partial charge is 0.263 e. The van der Waals surface area contributed by atoms with Gasteiger partial charge in [0, 0.05) is 13.1 Å². The molecule has 1 aromatic rings. The lowest BCUT2D eigenvalue weighted by Gasteiger charge is -2.29. The van der Waals surface area contributed by atoms with Crippen molar-refractivity contribution in [2.24, 2.45) is 5.73 Å². The lowest BCUT2D eigenvalue weighted by molar-refractivity contribution is -0.142. The van der Waals surface area contributed by atoms with Crippen LogP contribution in [0.5, 0.6) is 5.75 Å². The Labute approximate surface area is 119 Å². The van der Waals surface area contributed by atoms with Crippen molar-refractivity contribution in [1.29, 1.82) is 0 Å². The van der Waals surface area contributed by atoms with Crippen molar-refractivity contribution >= 4 is 5.91 Å². The van der Waals surface area contributed by atoms with Gasteiger partial charge in [-0.15, -0.1) is 0 Å². The average Bonchev–Trinajstić information content (AvgIpc) is 2.49. The van der Waals surface area contributed by atoms with Crippen LogP contribution in [0, 0.1) is 0 Å². The first kappa shape index (κ1) is 14.8. The SMILES string of the molecule is CC(Oc1ccccc1CCN)C(=O)N1CCOCC1. The van der Waals surface area contributed by atoms with Gasteiger partial charge in [-0.25, -0.2) is 0 Å². The molecule has 20 heavy (non-hydrogen) atoms. The predicted molar refractivity (Wildman–Crippen MR) is 76.7 cm³/mol. The van der Waals surface area contributed by atoms with E-state index >= 15 is 0 Å². The van der Waals surface area contributed by atoms with Gasteiger partial charge in [0.1, 0.15) is 5.75 Å². The summed E-state index contributed by atoms with van der Waals surface area (Å²) in [5.74, 6) is 0.753. The zero-order valence-electron chi connectivity index (χ0n) is 11.9. The molecule has 2 N–H and O–H groups in total. The number of ether oxygens (including phenoxy) is 2. The third-order valence-corrected chi connectivity index (χ3v) is 3.36. The highest BCUT2D eigenvalue weighted by molar-refractivity contribution is 5.81. The molecule has 0 bridgehead atoms. The van der Waals surface area contributed by atoms with E-state index in [0.29, 0.717) is 32.8 Å². The fourth-order valence-corrected chi connectivity index (χ4v) is 2.26. The quantitative estimate of drug-likeness (QED) is 0.866. The van der Waals surface area contributed by atoms with Gasteiger partial charge in [-0.3, -0.25) is 4.79 Å². The second-order valence-corrected chi connectivity index (χ2v) is 4.84. The van der Waals surface area contributed by atoms with E-state index in [1.165, 1.54) is 0 Å². The molecule has 0 spiro atoms. The molecule has 1 saturated heterocycles. The number of morpholine rings is 1. The van der Waals surface area contributed by atoms with Crippen LogP contribution in [0.15, 0.2) is 24.3 Å². The molecule has 0 aliphatic carbocycles. The van der Waals surface area contributed by atoms with Gasteiger partial charge in [-0.2, -0.15) is 0 Å². The second-order valence-electron chi connectivity index (χ2n) is 4.84. The summed E-state index contributed by atoms with van der Waals surface area (Å²) in [4.78, 5) is 14.1. The van der Waals surface area contributed by atoms with Gasteiger partial charge in [0.2, 0.25) is 0 Å². The largest absolute Gasteiger partial charge is 0.481 e. The molecule has 0 saturated carbocycles. The maximum atomic E-state index is 12.3. The minimum Gasteiger partial charge on any atom is -0.481 e. The molecular formula is C15H22N2O3. The van der Waals surface area contributed by atoms with Gasteiger partial charge in [0.05, 0.1) is 13.2 Å². The zero-order chi connectivity index (χ0) is 14.4. The topological polar surface area (TPSA) is 64.8 Å². The van der Waals surface area contributed by atoms with Crippen molar-refractivity contribution in [3.63, 3.8) is 0 Å². The van der Waals surface area contributed by atoms with Crippen LogP contribution in [0.4, 0.5) is 0 Å². The Kier molecular flexibility index (Phi) is 5.38. The number of hydrogen-bond acceptors (Lipinski definition) is 4. The summed E-state index contributed by atoms with van der Waals surface area (Å²) in [7, 11) is 0. The van der Waals surface area contributed by atoms with Crippen molar-refractivity contribution in [3.05, 3.63) is 29.8 Å². The Morgan fingerprint density at radius 1 is 1.40 bits per heavy atom. The number of benzene rings is 1. The molecule has 0 aromatic heterocycles. The summed E-state index contributed by atoms with van der Waals surface area (Å²) in [6.07, 6.45) is 0.251. The highest BCUT2D eigenvalue weighted by atomic mass is 16.5. The minimum absolute atomic E-state index is 0.0100. The molecule has 1 aliphatic rings. The van der Waals surface area contributed by atoms with Crippen LogP contribution in [0.3, 0.4) is 0 Å². The van der Waals surface area contributed by atoms with E-state index in [1.54, 1.807) is 11.8 Å². The summed E-state index contributed by atoms with van der Waals surface area (Å²) >= 11 is 0. The normalized spacial score (nSPS) is 16.8. The first-order chi connectivity index (χ1) is 9.72. The molecule has 2 rings (SSSR count). The summed E-state index contributed by atoms with van der Waals surface area (Å²) in [5, 5.41) is 0. The van der Waals surface area contributed by atoms with Crippen LogP contribution in [0.1, 0.15) is 12.5 Å². The number of nitrogens with zero attached hydrogens (tertiary/aromatic N) is 1. The highest BCUT2D eigenvalue weighted by Gasteiger charge is 2.24. The summed E-state index contributed by atoms with van der Waals surface area (Å²) < 4.78 is 11.1. The Bertz CT molecular complexity index is 444. The molecule has 1 unspecified atom stereocenters. The van der Waals surface area contributed by atoms with E-state index in [0.717, 1.165) is 17.7 Å². The molecule has 1 heterocycles. The van der Waals surface area contributed by atoms with Crippen molar-refractivity contribution in [2.75, 3.05) is 32.8 Å². The van der Waals surface area contributed by atoms with Crippen LogP contribution in [0.25, 0.3) is 0 Å². The minimum atomic E-state index is -0.493. The maximum Gasteiger partial charge on any atom is 0.263 e. The monoisotopic (exact) mass is 278 g/mol. The molecule has 0 radical (unpaired) electrons. The molecule has 5 nitrogen and oxygen atoms in total. The van der Waals surface area contributed by atoms with Crippen LogP contribution >= 0.6 is 0 Å².